The molecule has 1 aliphatic rings. The summed E-state index contributed by atoms with van der Waals surface area (Å²) in [6.07, 6.45) is 2.36. The van der Waals surface area contributed by atoms with Crippen LogP contribution in [0.15, 0.2) is 35.4 Å². The minimum atomic E-state index is -0.198. The Kier molecular flexibility index (Phi) is 3.95. The van der Waals surface area contributed by atoms with E-state index in [4.69, 9.17) is 5.73 Å². The average molecular weight is 339 g/mol. The van der Waals surface area contributed by atoms with Gasteiger partial charge in [-0.05, 0) is 49.2 Å². The summed E-state index contributed by atoms with van der Waals surface area (Å²) < 4.78 is 13.6. The Morgan fingerprint density at radius 1 is 1.28 bits per heavy atom. The van der Waals surface area contributed by atoms with Gasteiger partial charge in [-0.2, -0.15) is 5.10 Å². The van der Waals surface area contributed by atoms with Crippen LogP contribution in [-0.2, 0) is 6.42 Å². The topological polar surface area (TPSA) is 60.6 Å². The Balaban J connectivity index is 1.66. The SMILES string of the molecule is CCN(CCN1CCc2cc3c(cc21)[nH]c1ccc(F)cc13)/N=C\N. The number of aromatic nitrogens is 1. The van der Waals surface area contributed by atoms with Crippen molar-refractivity contribution in [1.29, 1.82) is 0 Å². The van der Waals surface area contributed by atoms with Crippen molar-refractivity contribution < 1.29 is 4.39 Å². The standard InChI is InChI=1S/C19H22FN5/c1-2-25(22-12-21)8-7-24-6-5-13-9-15-16-10-14(20)3-4-17(16)23-18(15)11-19(13)24/h3-4,9-12,23H,2,5-8H2,1H3,(H2,21,22). The number of benzene rings is 2. The van der Waals surface area contributed by atoms with E-state index >= 15 is 0 Å². The molecular weight excluding hydrogens is 317 g/mol. The lowest BCUT2D eigenvalue weighted by Crippen LogP contribution is -2.32. The minimum absolute atomic E-state index is 0.198. The van der Waals surface area contributed by atoms with Crippen LogP contribution >= 0.6 is 0 Å². The number of hydrazone groups is 1. The van der Waals surface area contributed by atoms with E-state index in [1.54, 1.807) is 12.1 Å². The van der Waals surface area contributed by atoms with Gasteiger partial charge in [-0.15, -0.1) is 0 Å². The lowest BCUT2D eigenvalue weighted by molar-refractivity contribution is 0.311. The highest BCUT2D eigenvalue weighted by Gasteiger charge is 2.21. The van der Waals surface area contributed by atoms with E-state index in [-0.39, 0.29) is 5.82 Å². The maximum atomic E-state index is 13.6. The van der Waals surface area contributed by atoms with Crippen LogP contribution in [0.5, 0.6) is 0 Å². The largest absolute Gasteiger partial charge is 0.388 e. The molecule has 3 aromatic rings. The third-order valence-corrected chi connectivity index (χ3v) is 4.97. The van der Waals surface area contributed by atoms with Crippen molar-refractivity contribution in [3.05, 3.63) is 41.7 Å². The highest BCUT2D eigenvalue weighted by molar-refractivity contribution is 6.08. The Hall–Kier alpha value is -2.76. The van der Waals surface area contributed by atoms with Crippen molar-refractivity contribution >= 4 is 33.8 Å². The fraction of sp³-hybridized carbons (Fsp3) is 0.316. The van der Waals surface area contributed by atoms with Crippen LogP contribution in [-0.4, -0.2) is 42.5 Å². The van der Waals surface area contributed by atoms with E-state index in [0.29, 0.717) is 0 Å². The van der Waals surface area contributed by atoms with E-state index in [2.05, 4.69) is 34.0 Å². The zero-order chi connectivity index (χ0) is 17.4. The monoisotopic (exact) mass is 339 g/mol. The number of aromatic amines is 1. The maximum absolute atomic E-state index is 13.6. The van der Waals surface area contributed by atoms with Crippen LogP contribution in [0.3, 0.4) is 0 Å². The van der Waals surface area contributed by atoms with E-state index in [9.17, 15) is 4.39 Å². The number of nitrogens with one attached hydrogen (secondary N) is 1. The molecule has 0 unspecified atom stereocenters. The fourth-order valence-corrected chi connectivity index (χ4v) is 3.68. The second-order valence-corrected chi connectivity index (χ2v) is 6.39. The molecule has 0 aliphatic carbocycles. The summed E-state index contributed by atoms with van der Waals surface area (Å²) in [4.78, 5) is 5.79. The predicted octanol–water partition coefficient (Wildman–Crippen LogP) is 3.05. The Bertz CT molecular complexity index is 946. The summed E-state index contributed by atoms with van der Waals surface area (Å²) in [6, 6.07) is 9.31. The molecule has 2 heterocycles. The van der Waals surface area contributed by atoms with Crippen molar-refractivity contribution in [2.24, 2.45) is 10.8 Å². The number of fused-ring (bicyclic) bond motifs is 4. The summed E-state index contributed by atoms with van der Waals surface area (Å²) in [7, 11) is 0. The Labute approximate surface area is 145 Å². The predicted molar refractivity (Wildman–Crippen MR) is 102 cm³/mol. The van der Waals surface area contributed by atoms with Gasteiger partial charge in [0.15, 0.2) is 0 Å². The number of halogens is 1. The number of likely N-dealkylation sites (N-methyl/N-ethyl adjacent to an activating group) is 1. The highest BCUT2D eigenvalue weighted by atomic mass is 19.1. The Morgan fingerprint density at radius 2 is 2.12 bits per heavy atom. The molecule has 2 aromatic carbocycles. The van der Waals surface area contributed by atoms with Gasteiger partial charge in [-0.3, -0.25) is 5.01 Å². The van der Waals surface area contributed by atoms with E-state index in [0.717, 1.165) is 54.4 Å². The zero-order valence-corrected chi connectivity index (χ0v) is 14.3. The van der Waals surface area contributed by atoms with Crippen LogP contribution in [0.4, 0.5) is 10.1 Å². The van der Waals surface area contributed by atoms with Crippen LogP contribution < -0.4 is 10.6 Å². The van der Waals surface area contributed by atoms with Crippen molar-refractivity contribution in [1.82, 2.24) is 9.99 Å². The number of H-pyrrole nitrogens is 1. The van der Waals surface area contributed by atoms with Gasteiger partial charge in [0.1, 0.15) is 12.2 Å². The molecule has 3 N–H and O–H groups in total. The molecule has 0 atom stereocenters. The average Bonchev–Trinajstić information content (AvgIpc) is 3.17. The first-order chi connectivity index (χ1) is 12.2. The van der Waals surface area contributed by atoms with Crippen molar-refractivity contribution in [2.45, 2.75) is 13.3 Å². The summed E-state index contributed by atoms with van der Waals surface area (Å²) in [5, 5.41) is 8.17. The zero-order valence-electron chi connectivity index (χ0n) is 14.3. The molecule has 4 rings (SSSR count). The first-order valence-electron chi connectivity index (χ1n) is 8.67. The molecule has 0 fully saturated rings. The number of nitrogens with zero attached hydrogens (tertiary/aromatic N) is 3. The Morgan fingerprint density at radius 3 is 2.92 bits per heavy atom. The molecule has 1 aliphatic heterocycles. The number of hydrogen-bond donors (Lipinski definition) is 2. The van der Waals surface area contributed by atoms with Gasteiger partial charge in [-0.25, -0.2) is 4.39 Å². The van der Waals surface area contributed by atoms with Crippen LogP contribution in [0.25, 0.3) is 21.8 Å². The molecule has 0 radical (unpaired) electrons. The second kappa shape index (κ2) is 6.27. The second-order valence-electron chi connectivity index (χ2n) is 6.39. The molecule has 0 bridgehead atoms. The van der Waals surface area contributed by atoms with Crippen molar-refractivity contribution in [2.75, 3.05) is 31.1 Å². The van der Waals surface area contributed by atoms with Gasteiger partial charge in [0, 0.05) is 47.1 Å². The molecule has 0 saturated carbocycles. The normalized spacial score (nSPS) is 14.1. The molecule has 130 valence electrons. The smallest absolute Gasteiger partial charge is 0.123 e. The van der Waals surface area contributed by atoms with Gasteiger partial charge in [0.25, 0.3) is 0 Å². The molecule has 6 heteroatoms. The number of nitrogens with two attached hydrogens (primary N) is 1. The first-order valence-corrected chi connectivity index (χ1v) is 8.67. The third-order valence-electron chi connectivity index (χ3n) is 4.97. The van der Waals surface area contributed by atoms with Crippen molar-refractivity contribution in [3.63, 3.8) is 0 Å². The molecule has 1 aromatic heterocycles. The van der Waals surface area contributed by atoms with Crippen LogP contribution in [0.1, 0.15) is 12.5 Å². The molecule has 0 spiro atoms. The molecular formula is C19H22FN5. The summed E-state index contributed by atoms with van der Waals surface area (Å²) >= 11 is 0. The quantitative estimate of drug-likeness (QED) is 0.427. The highest BCUT2D eigenvalue weighted by Crippen LogP contribution is 2.35. The van der Waals surface area contributed by atoms with Gasteiger partial charge < -0.3 is 15.6 Å². The lowest BCUT2D eigenvalue weighted by atomic mass is 10.1. The summed E-state index contributed by atoms with van der Waals surface area (Å²) in [5.41, 5.74) is 10.0. The van der Waals surface area contributed by atoms with Gasteiger partial charge in [-0.1, -0.05) is 0 Å². The lowest BCUT2D eigenvalue weighted by Gasteiger charge is -2.23. The fourth-order valence-electron chi connectivity index (χ4n) is 3.68. The molecule has 0 saturated heterocycles. The maximum Gasteiger partial charge on any atom is 0.123 e. The number of rotatable bonds is 5. The summed E-state index contributed by atoms with van der Waals surface area (Å²) in [5.74, 6) is -0.198. The third kappa shape index (κ3) is 2.77. The first kappa shape index (κ1) is 15.7. The van der Waals surface area contributed by atoms with E-state index < -0.39 is 0 Å². The number of hydrogen-bond acceptors (Lipinski definition) is 3. The van der Waals surface area contributed by atoms with Gasteiger partial charge >= 0.3 is 0 Å². The molecule has 5 nitrogen and oxygen atoms in total. The van der Waals surface area contributed by atoms with E-state index in [1.165, 1.54) is 23.7 Å². The molecule has 0 amide bonds. The van der Waals surface area contributed by atoms with Crippen LogP contribution in [0, 0.1) is 5.82 Å². The number of anilines is 1. The van der Waals surface area contributed by atoms with E-state index in [1.807, 2.05) is 5.01 Å². The van der Waals surface area contributed by atoms with Crippen LogP contribution in [0.2, 0.25) is 0 Å². The summed E-state index contributed by atoms with van der Waals surface area (Å²) in [6.45, 7) is 5.63. The van der Waals surface area contributed by atoms with Gasteiger partial charge in [0.2, 0.25) is 0 Å². The van der Waals surface area contributed by atoms with Crippen molar-refractivity contribution in [3.8, 4) is 0 Å². The van der Waals surface area contributed by atoms with Gasteiger partial charge in [0.05, 0.1) is 6.54 Å². The molecule has 25 heavy (non-hydrogen) atoms. The minimum Gasteiger partial charge on any atom is -0.388 e.